The summed E-state index contributed by atoms with van der Waals surface area (Å²) in [5, 5.41) is 12.2. The van der Waals surface area contributed by atoms with Gasteiger partial charge in [-0.05, 0) is 52.0 Å². The molecule has 0 saturated heterocycles. The molecule has 0 aliphatic carbocycles. The third-order valence-corrected chi connectivity index (χ3v) is 4.76. The number of nitrogens with one attached hydrogen (secondary N) is 1. The summed E-state index contributed by atoms with van der Waals surface area (Å²) in [6.45, 7) is 6.70. The highest BCUT2D eigenvalue weighted by atomic mass is 16.6. The molecule has 8 heteroatoms. The minimum atomic E-state index is -1.02. The van der Waals surface area contributed by atoms with Crippen molar-refractivity contribution in [3.63, 3.8) is 0 Å². The Morgan fingerprint density at radius 2 is 1.81 bits per heavy atom. The predicted octanol–water partition coefficient (Wildman–Crippen LogP) is 4.09. The summed E-state index contributed by atoms with van der Waals surface area (Å²) in [5.41, 5.74) is 1.38. The molecule has 0 saturated carbocycles. The van der Waals surface area contributed by atoms with Crippen molar-refractivity contribution in [3.8, 4) is 0 Å². The third kappa shape index (κ3) is 8.91. The molecule has 0 unspecified atom stereocenters. The van der Waals surface area contributed by atoms with Crippen LogP contribution in [0.1, 0.15) is 61.6 Å². The van der Waals surface area contributed by atoms with Gasteiger partial charge in [0.1, 0.15) is 5.60 Å². The fourth-order valence-electron chi connectivity index (χ4n) is 3.10. The number of hydrogen-bond donors (Lipinski definition) is 2. The van der Waals surface area contributed by atoms with Crippen molar-refractivity contribution in [2.45, 2.75) is 58.5 Å². The van der Waals surface area contributed by atoms with Gasteiger partial charge in [0.25, 0.3) is 0 Å². The van der Waals surface area contributed by atoms with Crippen molar-refractivity contribution in [1.82, 2.24) is 15.3 Å². The van der Waals surface area contributed by atoms with E-state index in [0.717, 1.165) is 32.2 Å². The minimum absolute atomic E-state index is 0.136. The molecule has 0 bridgehead atoms. The average Bonchev–Trinajstić information content (AvgIpc) is 2.73. The van der Waals surface area contributed by atoms with Crippen molar-refractivity contribution >= 4 is 18.0 Å². The Balaban J connectivity index is 1.85. The van der Waals surface area contributed by atoms with Gasteiger partial charge >= 0.3 is 12.1 Å². The number of aryl methyl sites for hydroxylation is 1. The van der Waals surface area contributed by atoms with Crippen LogP contribution in [0.4, 0.5) is 10.7 Å². The fraction of sp³-hybridized carbons (Fsp3) is 0.500. The molecule has 0 aliphatic heterocycles. The number of carboxylic acids is 1. The molecule has 1 amide bonds. The van der Waals surface area contributed by atoms with Crippen LogP contribution in [0.5, 0.6) is 0 Å². The highest BCUT2D eigenvalue weighted by Gasteiger charge is 2.16. The van der Waals surface area contributed by atoms with E-state index in [9.17, 15) is 14.7 Å². The van der Waals surface area contributed by atoms with Gasteiger partial charge in [-0.1, -0.05) is 36.8 Å². The Morgan fingerprint density at radius 1 is 1.09 bits per heavy atom. The monoisotopic (exact) mass is 442 g/mol. The number of nitrogens with zero attached hydrogens (tertiary/aromatic N) is 3. The van der Waals surface area contributed by atoms with E-state index < -0.39 is 17.7 Å². The predicted molar refractivity (Wildman–Crippen MR) is 124 cm³/mol. The highest BCUT2D eigenvalue weighted by molar-refractivity contribution is 5.88. The number of anilines is 1. The molecule has 2 N–H and O–H groups in total. The van der Waals surface area contributed by atoms with Gasteiger partial charge in [-0.2, -0.15) is 0 Å². The molecule has 1 aromatic carbocycles. The number of unbranched alkanes of at least 4 members (excludes halogenated alkanes) is 2. The smallest absolute Gasteiger partial charge is 0.407 e. The standard InChI is InChI=1S/C24H34N4O4/c1-24(2,3)32-23(31)25-15-10-6-9-13-20-19(21(29)30)17-26-22(27-20)28(4)16-14-18-11-7-5-8-12-18/h5,7-8,11-12,17H,6,9-10,13-16H2,1-4H3,(H,25,31)(H,29,30). The van der Waals surface area contributed by atoms with Gasteiger partial charge in [-0.3, -0.25) is 0 Å². The molecular formula is C24H34N4O4. The van der Waals surface area contributed by atoms with Gasteiger partial charge in [0.2, 0.25) is 5.95 Å². The molecule has 0 fully saturated rings. The number of aromatic nitrogens is 2. The van der Waals surface area contributed by atoms with Crippen LogP contribution in [0.15, 0.2) is 36.5 Å². The van der Waals surface area contributed by atoms with Gasteiger partial charge in [0.15, 0.2) is 0 Å². The van der Waals surface area contributed by atoms with E-state index in [0.29, 0.717) is 24.6 Å². The van der Waals surface area contributed by atoms with E-state index in [1.165, 1.54) is 11.8 Å². The number of alkyl carbamates (subject to hydrolysis) is 1. The lowest BCUT2D eigenvalue weighted by Crippen LogP contribution is -2.33. The number of hydrogen-bond acceptors (Lipinski definition) is 6. The fourth-order valence-corrected chi connectivity index (χ4v) is 3.10. The zero-order valence-corrected chi connectivity index (χ0v) is 19.4. The van der Waals surface area contributed by atoms with Crippen molar-refractivity contribution in [3.05, 3.63) is 53.3 Å². The summed E-state index contributed by atoms with van der Waals surface area (Å²) >= 11 is 0. The highest BCUT2D eigenvalue weighted by Crippen LogP contribution is 2.15. The zero-order valence-electron chi connectivity index (χ0n) is 19.4. The average molecular weight is 443 g/mol. The van der Waals surface area contributed by atoms with Gasteiger partial charge in [-0.15, -0.1) is 0 Å². The lowest BCUT2D eigenvalue weighted by Gasteiger charge is -2.19. The molecule has 0 radical (unpaired) electrons. The summed E-state index contributed by atoms with van der Waals surface area (Å²) in [6, 6.07) is 10.2. The quantitative estimate of drug-likeness (QED) is 0.505. The molecule has 0 aliphatic rings. The molecule has 174 valence electrons. The Morgan fingerprint density at radius 3 is 2.47 bits per heavy atom. The second-order valence-electron chi connectivity index (χ2n) is 8.73. The largest absolute Gasteiger partial charge is 0.478 e. The van der Waals surface area contributed by atoms with Crippen LogP contribution >= 0.6 is 0 Å². The van der Waals surface area contributed by atoms with Crippen LogP contribution in [-0.2, 0) is 17.6 Å². The second-order valence-corrected chi connectivity index (χ2v) is 8.73. The summed E-state index contributed by atoms with van der Waals surface area (Å²) in [5.74, 6) is -0.502. The molecule has 0 atom stereocenters. The summed E-state index contributed by atoms with van der Waals surface area (Å²) in [7, 11) is 1.91. The maximum Gasteiger partial charge on any atom is 0.407 e. The van der Waals surface area contributed by atoms with Crippen LogP contribution in [0.3, 0.4) is 0 Å². The normalized spacial score (nSPS) is 11.1. The second kappa shape index (κ2) is 12.0. The van der Waals surface area contributed by atoms with Crippen LogP contribution < -0.4 is 10.2 Å². The Bertz CT molecular complexity index is 881. The van der Waals surface area contributed by atoms with E-state index >= 15 is 0 Å². The van der Waals surface area contributed by atoms with Gasteiger partial charge < -0.3 is 20.1 Å². The Kier molecular flexibility index (Phi) is 9.43. The number of likely N-dealkylation sites (N-methyl/N-ethyl adjacent to an activating group) is 1. The van der Waals surface area contributed by atoms with E-state index in [2.05, 4.69) is 27.4 Å². The van der Waals surface area contributed by atoms with Crippen LogP contribution in [0, 0.1) is 0 Å². The lowest BCUT2D eigenvalue weighted by molar-refractivity contribution is 0.0526. The van der Waals surface area contributed by atoms with E-state index in [1.807, 2.05) is 50.9 Å². The summed E-state index contributed by atoms with van der Waals surface area (Å²) in [4.78, 5) is 34.0. The van der Waals surface area contributed by atoms with Crippen LogP contribution in [0.2, 0.25) is 0 Å². The SMILES string of the molecule is CN(CCc1ccccc1)c1ncc(C(=O)O)c(CCCCCNC(=O)OC(C)(C)C)n1. The van der Waals surface area contributed by atoms with E-state index in [-0.39, 0.29) is 5.56 Å². The maximum atomic E-state index is 11.7. The summed E-state index contributed by atoms with van der Waals surface area (Å²) < 4.78 is 5.20. The molecule has 1 heterocycles. The molecule has 8 nitrogen and oxygen atoms in total. The number of ether oxygens (including phenoxy) is 1. The van der Waals surface area contributed by atoms with Crippen LogP contribution in [-0.4, -0.2) is 52.9 Å². The first-order valence-electron chi connectivity index (χ1n) is 11.0. The number of carbonyl (C=O) groups is 2. The summed E-state index contributed by atoms with van der Waals surface area (Å²) in [6.07, 6.45) is 4.72. The molecule has 2 aromatic rings. The number of benzene rings is 1. The molecule has 1 aromatic heterocycles. The molecular weight excluding hydrogens is 408 g/mol. The van der Waals surface area contributed by atoms with E-state index in [1.54, 1.807) is 0 Å². The van der Waals surface area contributed by atoms with E-state index in [4.69, 9.17) is 4.74 Å². The van der Waals surface area contributed by atoms with Gasteiger partial charge in [0, 0.05) is 26.3 Å². The van der Waals surface area contributed by atoms with Crippen LogP contribution in [0.25, 0.3) is 0 Å². The van der Waals surface area contributed by atoms with Crippen molar-refractivity contribution < 1.29 is 19.4 Å². The Labute approximate surface area is 190 Å². The number of carbonyl (C=O) groups excluding carboxylic acids is 1. The zero-order chi connectivity index (χ0) is 23.6. The minimum Gasteiger partial charge on any atom is -0.478 e. The first kappa shape index (κ1) is 25.1. The van der Waals surface area contributed by atoms with Gasteiger partial charge in [0.05, 0.1) is 11.3 Å². The Hall–Kier alpha value is -3.16. The van der Waals surface area contributed by atoms with Crippen molar-refractivity contribution in [1.29, 1.82) is 0 Å². The number of aromatic carboxylic acids is 1. The number of carboxylic acid groups (broad SMARTS) is 1. The first-order chi connectivity index (χ1) is 15.2. The van der Waals surface area contributed by atoms with Crippen molar-refractivity contribution in [2.24, 2.45) is 0 Å². The van der Waals surface area contributed by atoms with Crippen molar-refractivity contribution in [2.75, 3.05) is 25.0 Å². The first-order valence-corrected chi connectivity index (χ1v) is 11.0. The molecule has 0 spiro atoms. The number of rotatable bonds is 11. The molecule has 2 rings (SSSR count). The topological polar surface area (TPSA) is 105 Å². The van der Waals surface area contributed by atoms with Gasteiger partial charge in [-0.25, -0.2) is 19.6 Å². The third-order valence-electron chi connectivity index (χ3n) is 4.76. The number of amides is 1. The molecule has 32 heavy (non-hydrogen) atoms. The lowest BCUT2D eigenvalue weighted by atomic mass is 10.1. The maximum absolute atomic E-state index is 11.7.